The number of aromatic amines is 1. The van der Waals surface area contributed by atoms with Crippen molar-refractivity contribution in [2.75, 3.05) is 0 Å². The van der Waals surface area contributed by atoms with Gasteiger partial charge in [0.15, 0.2) is 0 Å². The molecule has 0 saturated carbocycles. The van der Waals surface area contributed by atoms with Crippen molar-refractivity contribution in [1.82, 2.24) is 24.8 Å². The summed E-state index contributed by atoms with van der Waals surface area (Å²) in [5.41, 5.74) is 3.90. The van der Waals surface area contributed by atoms with Crippen LogP contribution in [-0.2, 0) is 17.9 Å². The van der Waals surface area contributed by atoms with Crippen LogP contribution >= 0.6 is 0 Å². The number of aryl methyl sites for hydroxylation is 1. The monoisotopic (exact) mass is 345 g/mol. The number of carbonyl (C=O) groups excluding carboxylic acids is 1. The van der Waals surface area contributed by atoms with Crippen molar-refractivity contribution >= 4 is 16.9 Å². The lowest BCUT2D eigenvalue weighted by molar-refractivity contribution is -0.121. The van der Waals surface area contributed by atoms with Gasteiger partial charge in [-0.3, -0.25) is 4.79 Å². The van der Waals surface area contributed by atoms with E-state index in [9.17, 15) is 4.79 Å². The molecule has 26 heavy (non-hydrogen) atoms. The molecule has 0 fully saturated rings. The highest BCUT2D eigenvalue weighted by atomic mass is 16.1. The van der Waals surface area contributed by atoms with Crippen LogP contribution in [0.1, 0.15) is 11.4 Å². The van der Waals surface area contributed by atoms with Gasteiger partial charge in [0.05, 0.1) is 11.0 Å². The zero-order valence-electron chi connectivity index (χ0n) is 14.4. The summed E-state index contributed by atoms with van der Waals surface area (Å²) in [5.74, 6) is 1.61. The molecule has 0 aliphatic rings. The maximum atomic E-state index is 12.4. The minimum atomic E-state index is -0.0420. The standard InChI is InChI=1S/C20H19N5O/c1-14-24-17-7-2-3-8-18(17)25(14)13-19(26)23-12-15-5-4-6-16(11-15)20-21-9-10-22-20/h2-11H,12-13H2,1H3,(H,21,22)(H,23,26). The van der Waals surface area contributed by atoms with Gasteiger partial charge >= 0.3 is 0 Å². The van der Waals surface area contributed by atoms with Crippen LogP contribution in [0.3, 0.4) is 0 Å². The molecule has 130 valence electrons. The number of nitrogens with zero attached hydrogens (tertiary/aromatic N) is 3. The number of fused-ring (bicyclic) bond motifs is 1. The van der Waals surface area contributed by atoms with Crippen molar-refractivity contribution < 1.29 is 4.79 Å². The molecule has 0 aliphatic carbocycles. The molecule has 2 N–H and O–H groups in total. The number of rotatable bonds is 5. The van der Waals surface area contributed by atoms with Gasteiger partial charge in [-0.1, -0.05) is 30.3 Å². The minimum absolute atomic E-state index is 0.0420. The molecular weight excluding hydrogens is 326 g/mol. The maximum absolute atomic E-state index is 12.4. The second kappa shape index (κ2) is 6.84. The molecule has 2 heterocycles. The summed E-state index contributed by atoms with van der Waals surface area (Å²) in [6.07, 6.45) is 3.52. The number of amides is 1. The summed E-state index contributed by atoms with van der Waals surface area (Å²) in [6.45, 7) is 2.64. The number of imidazole rings is 2. The normalized spacial score (nSPS) is 11.0. The van der Waals surface area contributed by atoms with Crippen LogP contribution in [0.5, 0.6) is 0 Å². The van der Waals surface area contributed by atoms with Crippen LogP contribution in [0.2, 0.25) is 0 Å². The summed E-state index contributed by atoms with van der Waals surface area (Å²) in [4.78, 5) is 24.3. The van der Waals surface area contributed by atoms with E-state index in [1.54, 1.807) is 12.4 Å². The zero-order chi connectivity index (χ0) is 17.9. The Hall–Kier alpha value is -3.41. The van der Waals surface area contributed by atoms with E-state index in [1.807, 2.05) is 60.0 Å². The Kier molecular flexibility index (Phi) is 4.23. The number of hydrogen-bond donors (Lipinski definition) is 2. The third-order valence-corrected chi connectivity index (χ3v) is 4.34. The van der Waals surface area contributed by atoms with E-state index in [2.05, 4.69) is 20.3 Å². The fraction of sp³-hybridized carbons (Fsp3) is 0.150. The van der Waals surface area contributed by atoms with Crippen LogP contribution in [0, 0.1) is 6.92 Å². The largest absolute Gasteiger partial charge is 0.350 e. The number of benzene rings is 2. The fourth-order valence-corrected chi connectivity index (χ4v) is 3.05. The van der Waals surface area contributed by atoms with E-state index in [-0.39, 0.29) is 12.5 Å². The number of para-hydroxylation sites is 2. The Morgan fingerprint density at radius 3 is 2.92 bits per heavy atom. The van der Waals surface area contributed by atoms with Crippen molar-refractivity contribution in [2.24, 2.45) is 0 Å². The highest BCUT2D eigenvalue weighted by Crippen LogP contribution is 2.17. The first kappa shape index (κ1) is 16.1. The van der Waals surface area contributed by atoms with E-state index in [4.69, 9.17) is 0 Å². The molecule has 4 rings (SSSR count). The summed E-state index contributed by atoms with van der Waals surface area (Å²) in [7, 11) is 0. The van der Waals surface area contributed by atoms with Crippen LogP contribution in [0.25, 0.3) is 22.4 Å². The maximum Gasteiger partial charge on any atom is 0.240 e. The minimum Gasteiger partial charge on any atom is -0.350 e. The van der Waals surface area contributed by atoms with Gasteiger partial charge in [0.2, 0.25) is 5.91 Å². The Bertz CT molecular complexity index is 1050. The molecule has 1 amide bonds. The molecule has 2 aromatic heterocycles. The van der Waals surface area contributed by atoms with Crippen LogP contribution in [0.15, 0.2) is 60.9 Å². The predicted octanol–water partition coefficient (Wildman–Crippen LogP) is 3.05. The summed E-state index contributed by atoms with van der Waals surface area (Å²) in [6, 6.07) is 15.8. The molecule has 6 heteroatoms. The second-order valence-corrected chi connectivity index (χ2v) is 6.15. The first-order chi connectivity index (χ1) is 12.7. The lowest BCUT2D eigenvalue weighted by atomic mass is 10.1. The highest BCUT2D eigenvalue weighted by molar-refractivity contribution is 5.81. The van der Waals surface area contributed by atoms with Gasteiger partial charge in [0, 0.05) is 24.5 Å². The smallest absolute Gasteiger partial charge is 0.240 e. The second-order valence-electron chi connectivity index (χ2n) is 6.15. The van der Waals surface area contributed by atoms with Gasteiger partial charge in [-0.05, 0) is 30.7 Å². The predicted molar refractivity (Wildman–Crippen MR) is 100 cm³/mol. The van der Waals surface area contributed by atoms with Crippen molar-refractivity contribution in [2.45, 2.75) is 20.0 Å². The van der Waals surface area contributed by atoms with Gasteiger partial charge in [-0.2, -0.15) is 0 Å². The van der Waals surface area contributed by atoms with Gasteiger partial charge in [0.25, 0.3) is 0 Å². The molecule has 0 bridgehead atoms. The first-order valence-electron chi connectivity index (χ1n) is 8.48. The highest BCUT2D eigenvalue weighted by Gasteiger charge is 2.10. The quantitative estimate of drug-likeness (QED) is 0.584. The summed E-state index contributed by atoms with van der Waals surface area (Å²) >= 11 is 0. The van der Waals surface area contributed by atoms with Crippen LogP contribution in [0.4, 0.5) is 0 Å². The van der Waals surface area contributed by atoms with Gasteiger partial charge < -0.3 is 14.9 Å². The van der Waals surface area contributed by atoms with E-state index >= 15 is 0 Å². The topological polar surface area (TPSA) is 75.6 Å². The van der Waals surface area contributed by atoms with E-state index in [0.29, 0.717) is 6.54 Å². The average Bonchev–Trinajstić information content (AvgIpc) is 3.29. The van der Waals surface area contributed by atoms with Crippen molar-refractivity contribution in [3.05, 3.63) is 72.3 Å². The van der Waals surface area contributed by atoms with Crippen LogP contribution in [-0.4, -0.2) is 25.4 Å². The molecule has 0 spiro atoms. The first-order valence-corrected chi connectivity index (χ1v) is 8.48. The summed E-state index contributed by atoms with van der Waals surface area (Å²) in [5, 5.41) is 2.98. The molecule has 0 atom stereocenters. The number of nitrogens with one attached hydrogen (secondary N) is 2. The van der Waals surface area contributed by atoms with E-state index in [0.717, 1.165) is 33.8 Å². The third kappa shape index (κ3) is 3.21. The molecule has 0 unspecified atom stereocenters. The Morgan fingerprint density at radius 2 is 2.08 bits per heavy atom. The number of carbonyl (C=O) groups is 1. The van der Waals surface area contributed by atoms with Gasteiger partial charge in [-0.25, -0.2) is 9.97 Å². The number of aromatic nitrogens is 4. The molecule has 0 aliphatic heterocycles. The Labute approximate surface area is 150 Å². The van der Waals surface area contributed by atoms with Crippen molar-refractivity contribution in [1.29, 1.82) is 0 Å². The lowest BCUT2D eigenvalue weighted by Crippen LogP contribution is -2.27. The summed E-state index contributed by atoms with van der Waals surface area (Å²) < 4.78 is 1.93. The van der Waals surface area contributed by atoms with E-state index in [1.165, 1.54) is 0 Å². The Balaban J connectivity index is 1.44. The van der Waals surface area contributed by atoms with Gasteiger partial charge in [0.1, 0.15) is 18.2 Å². The fourth-order valence-electron chi connectivity index (χ4n) is 3.05. The molecule has 0 radical (unpaired) electrons. The lowest BCUT2D eigenvalue weighted by Gasteiger charge is -2.09. The number of H-pyrrole nitrogens is 1. The average molecular weight is 345 g/mol. The molecule has 2 aromatic carbocycles. The van der Waals surface area contributed by atoms with Crippen LogP contribution < -0.4 is 5.32 Å². The molecular formula is C20H19N5O. The Morgan fingerprint density at radius 1 is 1.19 bits per heavy atom. The van der Waals surface area contributed by atoms with Crippen molar-refractivity contribution in [3.63, 3.8) is 0 Å². The van der Waals surface area contributed by atoms with Gasteiger partial charge in [-0.15, -0.1) is 0 Å². The SMILES string of the molecule is Cc1nc2ccccc2n1CC(=O)NCc1cccc(-c2ncc[nH]2)c1. The van der Waals surface area contributed by atoms with E-state index < -0.39 is 0 Å². The molecule has 6 nitrogen and oxygen atoms in total. The molecule has 4 aromatic rings. The molecule has 0 saturated heterocycles. The van der Waals surface area contributed by atoms with Crippen molar-refractivity contribution in [3.8, 4) is 11.4 Å². The third-order valence-electron chi connectivity index (χ3n) is 4.34. The zero-order valence-corrected chi connectivity index (χ0v) is 14.4. The number of hydrogen-bond acceptors (Lipinski definition) is 3.